The van der Waals surface area contributed by atoms with Crippen LogP contribution in [-0.4, -0.2) is 31.4 Å². The van der Waals surface area contributed by atoms with Gasteiger partial charge in [0.25, 0.3) is 0 Å². The van der Waals surface area contributed by atoms with E-state index in [1.807, 2.05) is 7.05 Å². The fourth-order valence-electron chi connectivity index (χ4n) is 1.32. The zero-order valence-corrected chi connectivity index (χ0v) is 9.34. The third-order valence-corrected chi connectivity index (χ3v) is 2.18. The molecule has 2 heterocycles. The zero-order valence-electron chi connectivity index (χ0n) is 9.34. The average Bonchev–Trinajstić information content (AvgIpc) is 2.83. The summed E-state index contributed by atoms with van der Waals surface area (Å²) < 4.78 is 6.61. The van der Waals surface area contributed by atoms with Crippen molar-refractivity contribution < 1.29 is 4.52 Å². The first-order valence-corrected chi connectivity index (χ1v) is 5.08. The molecule has 0 unspecified atom stereocenters. The molecule has 0 spiro atoms. The van der Waals surface area contributed by atoms with Gasteiger partial charge in [0.05, 0.1) is 6.54 Å². The van der Waals surface area contributed by atoms with Crippen LogP contribution in [0.4, 0.5) is 0 Å². The van der Waals surface area contributed by atoms with Gasteiger partial charge in [0.15, 0.2) is 5.82 Å². The maximum atomic E-state index is 4.87. The minimum absolute atomic E-state index is 0.600. The van der Waals surface area contributed by atoms with E-state index in [9.17, 15) is 0 Å². The van der Waals surface area contributed by atoms with Crippen molar-refractivity contribution in [3.05, 3.63) is 23.9 Å². The van der Waals surface area contributed by atoms with Crippen LogP contribution in [0.3, 0.4) is 0 Å². The minimum Gasteiger partial charge on any atom is -0.340 e. The van der Waals surface area contributed by atoms with Crippen molar-refractivity contribution in [1.82, 2.24) is 30.2 Å². The van der Waals surface area contributed by atoms with Gasteiger partial charge in [-0.3, -0.25) is 4.68 Å². The van der Waals surface area contributed by atoms with E-state index in [-0.39, 0.29) is 0 Å². The van der Waals surface area contributed by atoms with Crippen molar-refractivity contribution in [1.29, 1.82) is 0 Å². The number of nitrogens with one attached hydrogen (secondary N) is 1. The Morgan fingerprint density at radius 2 is 2.38 bits per heavy atom. The first kappa shape index (κ1) is 10.7. The Morgan fingerprint density at radius 1 is 1.50 bits per heavy atom. The number of nitrogens with zero attached hydrogens (tertiary/aromatic N) is 5. The lowest BCUT2D eigenvalue weighted by Crippen LogP contribution is -2.19. The van der Waals surface area contributed by atoms with Gasteiger partial charge in [-0.15, -0.1) is 0 Å². The molecular formula is C9H14N6O. The second kappa shape index (κ2) is 4.84. The monoisotopic (exact) mass is 222 g/mol. The van der Waals surface area contributed by atoms with Gasteiger partial charge in [-0.2, -0.15) is 10.1 Å². The highest BCUT2D eigenvalue weighted by atomic mass is 16.5. The molecule has 0 aliphatic carbocycles. The predicted octanol–water partition coefficient (Wildman–Crippen LogP) is -0.161. The topological polar surface area (TPSA) is 81.7 Å². The van der Waals surface area contributed by atoms with Crippen LogP contribution in [0.2, 0.25) is 0 Å². The molecule has 2 rings (SSSR count). The number of hydrogen-bond donors (Lipinski definition) is 1. The van der Waals surface area contributed by atoms with Gasteiger partial charge in [-0.25, -0.2) is 4.98 Å². The number of rotatable bonds is 5. The summed E-state index contributed by atoms with van der Waals surface area (Å²) in [7, 11) is 1.87. The molecule has 1 N–H and O–H groups in total. The van der Waals surface area contributed by atoms with Gasteiger partial charge < -0.3 is 9.84 Å². The van der Waals surface area contributed by atoms with E-state index in [4.69, 9.17) is 4.52 Å². The number of hydrogen-bond acceptors (Lipinski definition) is 6. The fraction of sp³-hybridized carbons (Fsp3) is 0.556. The summed E-state index contributed by atoms with van der Waals surface area (Å²) in [6.45, 7) is 3.25. The maximum Gasteiger partial charge on any atom is 0.223 e. The molecule has 0 aliphatic rings. The predicted molar refractivity (Wildman–Crippen MR) is 55.4 cm³/mol. The molecule has 0 amide bonds. The molecule has 0 fully saturated rings. The van der Waals surface area contributed by atoms with Crippen LogP contribution < -0.4 is 5.32 Å². The molecule has 0 atom stereocenters. The van der Waals surface area contributed by atoms with Crippen LogP contribution in [0.1, 0.15) is 17.5 Å². The van der Waals surface area contributed by atoms with Gasteiger partial charge in [0.2, 0.25) is 5.89 Å². The molecule has 0 radical (unpaired) electrons. The molecule has 16 heavy (non-hydrogen) atoms. The lowest BCUT2D eigenvalue weighted by Gasteiger charge is -2.01. The summed E-state index contributed by atoms with van der Waals surface area (Å²) in [5.41, 5.74) is 0. The first-order chi connectivity index (χ1) is 7.75. The quantitative estimate of drug-likeness (QED) is 0.708. The number of aryl methyl sites for hydroxylation is 2. The normalized spacial score (nSPS) is 10.9. The van der Waals surface area contributed by atoms with E-state index in [1.165, 1.54) is 0 Å². The van der Waals surface area contributed by atoms with Crippen LogP contribution in [0, 0.1) is 6.92 Å². The van der Waals surface area contributed by atoms with Gasteiger partial charge in [-0.1, -0.05) is 5.16 Å². The van der Waals surface area contributed by atoms with E-state index < -0.39 is 0 Å². The minimum atomic E-state index is 0.600. The molecule has 0 saturated heterocycles. The second-order valence-electron chi connectivity index (χ2n) is 3.46. The smallest absolute Gasteiger partial charge is 0.223 e. The highest BCUT2D eigenvalue weighted by Crippen LogP contribution is 1.95. The summed E-state index contributed by atoms with van der Waals surface area (Å²) in [6, 6.07) is 0. The Labute approximate surface area is 92.9 Å². The molecular weight excluding hydrogens is 208 g/mol. The van der Waals surface area contributed by atoms with Crippen molar-refractivity contribution in [2.24, 2.45) is 7.05 Å². The largest absolute Gasteiger partial charge is 0.340 e. The van der Waals surface area contributed by atoms with Crippen molar-refractivity contribution in [2.45, 2.75) is 19.9 Å². The first-order valence-electron chi connectivity index (χ1n) is 5.08. The number of aromatic nitrogens is 5. The van der Waals surface area contributed by atoms with E-state index in [1.54, 1.807) is 17.9 Å². The van der Waals surface area contributed by atoms with Gasteiger partial charge in [0, 0.05) is 26.9 Å². The molecule has 2 aromatic rings. The summed E-state index contributed by atoms with van der Waals surface area (Å²) in [5.74, 6) is 2.23. The standard InChI is InChI=1S/C9H14N6O/c1-7-13-8(14-16-7)3-4-10-5-9-11-6-12-15(9)2/h6,10H,3-5H2,1-2H3. The fourth-order valence-corrected chi connectivity index (χ4v) is 1.32. The Morgan fingerprint density at radius 3 is 3.00 bits per heavy atom. The zero-order chi connectivity index (χ0) is 11.4. The molecule has 0 aromatic carbocycles. The Balaban J connectivity index is 1.71. The summed E-state index contributed by atoms with van der Waals surface area (Å²) in [5, 5.41) is 11.0. The van der Waals surface area contributed by atoms with Crippen LogP contribution in [0.15, 0.2) is 10.9 Å². The summed E-state index contributed by atoms with van der Waals surface area (Å²) in [6.07, 6.45) is 2.29. The van der Waals surface area contributed by atoms with Crippen LogP contribution >= 0.6 is 0 Å². The van der Waals surface area contributed by atoms with Gasteiger partial charge >= 0.3 is 0 Å². The maximum absolute atomic E-state index is 4.87. The van der Waals surface area contributed by atoms with Crippen molar-refractivity contribution in [3.8, 4) is 0 Å². The molecule has 0 bridgehead atoms. The molecule has 7 heteroatoms. The highest BCUT2D eigenvalue weighted by Gasteiger charge is 2.02. The summed E-state index contributed by atoms with van der Waals surface area (Å²) in [4.78, 5) is 8.22. The lowest BCUT2D eigenvalue weighted by atomic mass is 10.4. The molecule has 0 saturated carbocycles. The second-order valence-corrected chi connectivity index (χ2v) is 3.46. The third kappa shape index (κ3) is 2.63. The molecule has 0 aliphatic heterocycles. The van der Waals surface area contributed by atoms with Crippen molar-refractivity contribution >= 4 is 0 Å². The third-order valence-electron chi connectivity index (χ3n) is 2.18. The molecule has 7 nitrogen and oxygen atoms in total. The van der Waals surface area contributed by atoms with E-state index >= 15 is 0 Å². The van der Waals surface area contributed by atoms with E-state index in [2.05, 4.69) is 25.5 Å². The van der Waals surface area contributed by atoms with E-state index in [0.717, 1.165) is 24.6 Å². The van der Waals surface area contributed by atoms with Crippen LogP contribution in [0.25, 0.3) is 0 Å². The Bertz CT molecular complexity index is 448. The van der Waals surface area contributed by atoms with Gasteiger partial charge in [0.1, 0.15) is 12.2 Å². The van der Waals surface area contributed by atoms with E-state index in [0.29, 0.717) is 12.4 Å². The SMILES string of the molecule is Cc1nc(CCNCc2ncnn2C)no1. The van der Waals surface area contributed by atoms with Crippen LogP contribution in [0.5, 0.6) is 0 Å². The Hall–Kier alpha value is -1.76. The highest BCUT2D eigenvalue weighted by molar-refractivity contribution is 4.86. The Kier molecular flexibility index (Phi) is 3.25. The van der Waals surface area contributed by atoms with Crippen molar-refractivity contribution in [2.75, 3.05) is 6.54 Å². The van der Waals surface area contributed by atoms with Crippen molar-refractivity contribution in [3.63, 3.8) is 0 Å². The van der Waals surface area contributed by atoms with Gasteiger partial charge in [-0.05, 0) is 0 Å². The average molecular weight is 222 g/mol. The molecule has 2 aromatic heterocycles. The van der Waals surface area contributed by atoms with Crippen LogP contribution in [-0.2, 0) is 20.0 Å². The summed E-state index contributed by atoms with van der Waals surface area (Å²) >= 11 is 0. The molecule has 86 valence electrons. The lowest BCUT2D eigenvalue weighted by molar-refractivity contribution is 0.387.